The van der Waals surface area contributed by atoms with Crippen LogP contribution in [-0.4, -0.2) is 23.8 Å². The molecule has 2 nitrogen and oxygen atoms in total. The number of hydrogen-bond donors (Lipinski definition) is 2. The smallest absolute Gasteiger partial charge is 0.0740 e. The van der Waals surface area contributed by atoms with E-state index in [9.17, 15) is 5.11 Å². The summed E-state index contributed by atoms with van der Waals surface area (Å²) in [4.78, 5) is 0. The molecule has 1 aliphatic rings. The first-order valence-electron chi connectivity index (χ1n) is 5.41. The fraction of sp³-hybridized carbons (Fsp3) is 1.00. The van der Waals surface area contributed by atoms with Crippen molar-refractivity contribution in [2.75, 3.05) is 13.1 Å². The van der Waals surface area contributed by atoms with Gasteiger partial charge in [-0.1, -0.05) is 20.3 Å². The van der Waals surface area contributed by atoms with Crippen LogP contribution in [0, 0.1) is 5.41 Å². The number of hydrogen-bond acceptors (Lipinski definition) is 2. The van der Waals surface area contributed by atoms with Gasteiger partial charge in [-0.05, 0) is 31.6 Å². The second-order valence-corrected chi connectivity index (χ2v) is 5.12. The highest BCUT2D eigenvalue weighted by molar-refractivity contribution is 4.86. The first kappa shape index (κ1) is 11.0. The molecule has 2 N–H and O–H groups in total. The van der Waals surface area contributed by atoms with Crippen LogP contribution in [0.15, 0.2) is 0 Å². The highest BCUT2D eigenvalue weighted by Gasteiger charge is 2.31. The van der Waals surface area contributed by atoms with E-state index < -0.39 is 5.60 Å². The van der Waals surface area contributed by atoms with E-state index in [-0.39, 0.29) is 0 Å². The standard InChI is InChI=1S/C11H23NO/c1-4-11(3,13)9-12-8-10(2)6-5-7-10/h12-13H,4-9H2,1-3H3. The first-order chi connectivity index (χ1) is 5.97. The van der Waals surface area contributed by atoms with Gasteiger partial charge in [0, 0.05) is 13.1 Å². The maximum absolute atomic E-state index is 9.75. The van der Waals surface area contributed by atoms with Crippen molar-refractivity contribution >= 4 is 0 Å². The topological polar surface area (TPSA) is 32.3 Å². The van der Waals surface area contributed by atoms with Gasteiger partial charge in [-0.3, -0.25) is 0 Å². The van der Waals surface area contributed by atoms with Gasteiger partial charge in [0.15, 0.2) is 0 Å². The lowest BCUT2D eigenvalue weighted by Gasteiger charge is -2.39. The van der Waals surface area contributed by atoms with Gasteiger partial charge < -0.3 is 10.4 Å². The summed E-state index contributed by atoms with van der Waals surface area (Å²) >= 11 is 0. The third-order valence-corrected chi connectivity index (χ3v) is 3.38. The van der Waals surface area contributed by atoms with Crippen molar-refractivity contribution in [1.29, 1.82) is 0 Å². The molecule has 0 saturated heterocycles. The van der Waals surface area contributed by atoms with E-state index >= 15 is 0 Å². The molecule has 1 saturated carbocycles. The van der Waals surface area contributed by atoms with E-state index in [0.29, 0.717) is 5.41 Å². The van der Waals surface area contributed by atoms with E-state index in [1.807, 2.05) is 13.8 Å². The van der Waals surface area contributed by atoms with Crippen LogP contribution in [0.2, 0.25) is 0 Å². The lowest BCUT2D eigenvalue weighted by Crippen LogP contribution is -2.43. The van der Waals surface area contributed by atoms with Gasteiger partial charge in [-0.25, -0.2) is 0 Å². The lowest BCUT2D eigenvalue weighted by atomic mass is 9.70. The molecule has 1 fully saturated rings. The summed E-state index contributed by atoms with van der Waals surface area (Å²) in [6.45, 7) is 8.02. The average molecular weight is 185 g/mol. The second kappa shape index (κ2) is 3.97. The first-order valence-corrected chi connectivity index (χ1v) is 5.41. The summed E-state index contributed by atoms with van der Waals surface area (Å²) in [7, 11) is 0. The third-order valence-electron chi connectivity index (χ3n) is 3.38. The van der Waals surface area contributed by atoms with Crippen molar-refractivity contribution in [1.82, 2.24) is 5.32 Å². The molecule has 1 atom stereocenters. The molecule has 0 heterocycles. The van der Waals surface area contributed by atoms with Crippen LogP contribution in [0.4, 0.5) is 0 Å². The Balaban J connectivity index is 2.13. The van der Waals surface area contributed by atoms with Gasteiger partial charge in [0.1, 0.15) is 0 Å². The van der Waals surface area contributed by atoms with E-state index in [2.05, 4.69) is 12.2 Å². The number of nitrogens with one attached hydrogen (secondary N) is 1. The third kappa shape index (κ3) is 3.28. The highest BCUT2D eigenvalue weighted by atomic mass is 16.3. The van der Waals surface area contributed by atoms with Gasteiger partial charge in [0.25, 0.3) is 0 Å². The van der Waals surface area contributed by atoms with Gasteiger partial charge >= 0.3 is 0 Å². The van der Waals surface area contributed by atoms with Crippen LogP contribution in [-0.2, 0) is 0 Å². The molecular weight excluding hydrogens is 162 g/mol. The molecular formula is C11H23NO. The van der Waals surface area contributed by atoms with Crippen LogP contribution in [0.25, 0.3) is 0 Å². The zero-order valence-electron chi connectivity index (χ0n) is 9.19. The normalized spacial score (nSPS) is 24.9. The summed E-state index contributed by atoms with van der Waals surface area (Å²) in [5.41, 5.74) is -0.00999. The maximum Gasteiger partial charge on any atom is 0.0740 e. The Morgan fingerprint density at radius 2 is 2.08 bits per heavy atom. The number of aliphatic hydroxyl groups is 1. The molecule has 0 aromatic rings. The Hall–Kier alpha value is -0.0800. The largest absolute Gasteiger partial charge is 0.389 e. The molecule has 0 aliphatic heterocycles. The quantitative estimate of drug-likeness (QED) is 0.686. The molecule has 0 aromatic carbocycles. The molecule has 78 valence electrons. The summed E-state index contributed by atoms with van der Waals surface area (Å²) in [6.07, 6.45) is 4.88. The lowest BCUT2D eigenvalue weighted by molar-refractivity contribution is 0.0484. The summed E-state index contributed by atoms with van der Waals surface area (Å²) in [5.74, 6) is 0. The molecule has 0 spiro atoms. The molecule has 13 heavy (non-hydrogen) atoms. The van der Waals surface area contributed by atoms with Gasteiger partial charge in [0.05, 0.1) is 5.60 Å². The van der Waals surface area contributed by atoms with Crippen molar-refractivity contribution < 1.29 is 5.11 Å². The van der Waals surface area contributed by atoms with E-state index in [1.54, 1.807) is 0 Å². The fourth-order valence-corrected chi connectivity index (χ4v) is 1.72. The van der Waals surface area contributed by atoms with Crippen molar-refractivity contribution in [3.63, 3.8) is 0 Å². The van der Waals surface area contributed by atoms with Gasteiger partial charge in [-0.15, -0.1) is 0 Å². The molecule has 1 aliphatic carbocycles. The maximum atomic E-state index is 9.75. The molecule has 0 bridgehead atoms. The summed E-state index contributed by atoms with van der Waals surface area (Å²) in [6, 6.07) is 0. The van der Waals surface area contributed by atoms with Crippen LogP contribution >= 0.6 is 0 Å². The number of rotatable bonds is 5. The van der Waals surface area contributed by atoms with Gasteiger partial charge in [0.2, 0.25) is 0 Å². The SMILES string of the molecule is CCC(C)(O)CNCC1(C)CCC1. The minimum Gasteiger partial charge on any atom is -0.389 e. The van der Waals surface area contributed by atoms with Crippen LogP contribution in [0.3, 0.4) is 0 Å². The highest BCUT2D eigenvalue weighted by Crippen LogP contribution is 2.39. The Labute approximate surface area is 81.7 Å². The average Bonchev–Trinajstić information content (AvgIpc) is 2.01. The summed E-state index contributed by atoms with van der Waals surface area (Å²) < 4.78 is 0. The molecule has 0 radical (unpaired) electrons. The van der Waals surface area contributed by atoms with Crippen molar-refractivity contribution in [3.05, 3.63) is 0 Å². The molecule has 1 unspecified atom stereocenters. The van der Waals surface area contributed by atoms with Crippen LogP contribution < -0.4 is 5.32 Å². The van der Waals surface area contributed by atoms with Gasteiger partial charge in [-0.2, -0.15) is 0 Å². The predicted octanol–water partition coefficient (Wildman–Crippen LogP) is 1.93. The minimum absolute atomic E-state index is 0.518. The van der Waals surface area contributed by atoms with Crippen molar-refractivity contribution in [2.45, 2.75) is 52.1 Å². The van der Waals surface area contributed by atoms with Crippen LogP contribution in [0.1, 0.15) is 46.5 Å². The molecule has 2 heteroatoms. The van der Waals surface area contributed by atoms with E-state index in [0.717, 1.165) is 19.5 Å². The Bertz CT molecular complexity index is 150. The zero-order chi connectivity index (χ0) is 9.95. The second-order valence-electron chi connectivity index (χ2n) is 5.12. The summed E-state index contributed by atoms with van der Waals surface area (Å²) in [5, 5.41) is 13.1. The zero-order valence-corrected chi connectivity index (χ0v) is 9.19. The van der Waals surface area contributed by atoms with Crippen LogP contribution in [0.5, 0.6) is 0 Å². The predicted molar refractivity (Wildman–Crippen MR) is 55.7 cm³/mol. The molecule has 1 rings (SSSR count). The minimum atomic E-state index is -0.528. The molecule has 0 amide bonds. The fourth-order valence-electron chi connectivity index (χ4n) is 1.72. The van der Waals surface area contributed by atoms with E-state index in [4.69, 9.17) is 0 Å². The monoisotopic (exact) mass is 185 g/mol. The molecule has 0 aromatic heterocycles. The van der Waals surface area contributed by atoms with E-state index in [1.165, 1.54) is 19.3 Å². The Morgan fingerprint density at radius 3 is 2.46 bits per heavy atom. The van der Waals surface area contributed by atoms with Crippen molar-refractivity contribution in [2.24, 2.45) is 5.41 Å². The Morgan fingerprint density at radius 1 is 1.46 bits per heavy atom. The Kier molecular flexibility index (Phi) is 3.36. The van der Waals surface area contributed by atoms with Crippen molar-refractivity contribution in [3.8, 4) is 0 Å².